The van der Waals surface area contributed by atoms with Crippen LogP contribution < -0.4 is 5.32 Å². The molecule has 0 bridgehead atoms. The van der Waals surface area contributed by atoms with Gasteiger partial charge < -0.3 is 15.2 Å². The number of nitrogens with one attached hydrogen (secondary N) is 2. The van der Waals surface area contributed by atoms with E-state index in [4.69, 9.17) is 0 Å². The molecule has 0 aromatic carbocycles. The summed E-state index contributed by atoms with van der Waals surface area (Å²) in [6.07, 6.45) is 0. The minimum atomic E-state index is -0.186. The predicted molar refractivity (Wildman–Crippen MR) is 61.7 cm³/mol. The van der Waals surface area contributed by atoms with Crippen molar-refractivity contribution < 1.29 is 9.59 Å². The molecular formula is C11H17N3O2. The van der Waals surface area contributed by atoms with Crippen molar-refractivity contribution in [1.82, 2.24) is 15.2 Å². The molecule has 5 heteroatoms. The lowest BCUT2D eigenvalue weighted by molar-refractivity contribution is 0.0946. The topological polar surface area (TPSA) is 65.2 Å². The first-order valence-corrected chi connectivity index (χ1v) is 5.13. The van der Waals surface area contributed by atoms with Gasteiger partial charge in [0, 0.05) is 20.0 Å². The molecule has 0 spiro atoms. The number of nitrogens with zero attached hydrogens (tertiary/aromatic N) is 1. The number of aromatic amines is 1. The fourth-order valence-electron chi connectivity index (χ4n) is 1.22. The Hall–Kier alpha value is -1.62. The molecule has 1 rings (SSSR count). The third-order valence-electron chi connectivity index (χ3n) is 2.15. The van der Waals surface area contributed by atoms with E-state index in [9.17, 15) is 9.59 Å². The Morgan fingerprint density at radius 2 is 1.94 bits per heavy atom. The Bertz CT molecular complexity index is 382. The minimum absolute atomic E-state index is 0.0765. The number of amides is 1. The van der Waals surface area contributed by atoms with Crippen LogP contribution in [-0.4, -0.2) is 48.8 Å². The lowest BCUT2D eigenvalue weighted by Gasteiger charge is -2.09. The summed E-state index contributed by atoms with van der Waals surface area (Å²) >= 11 is 0. The van der Waals surface area contributed by atoms with E-state index in [0.717, 1.165) is 6.54 Å². The first-order valence-electron chi connectivity index (χ1n) is 5.13. The Morgan fingerprint density at radius 1 is 1.31 bits per heavy atom. The van der Waals surface area contributed by atoms with Crippen LogP contribution in [0.25, 0.3) is 0 Å². The third-order valence-corrected chi connectivity index (χ3v) is 2.15. The van der Waals surface area contributed by atoms with E-state index in [0.29, 0.717) is 17.9 Å². The molecule has 0 aliphatic rings. The van der Waals surface area contributed by atoms with Crippen LogP contribution in [0, 0.1) is 0 Å². The number of hydrogen-bond donors (Lipinski definition) is 2. The molecule has 0 fully saturated rings. The second-order valence-electron chi connectivity index (χ2n) is 3.90. The largest absolute Gasteiger partial charge is 0.349 e. The summed E-state index contributed by atoms with van der Waals surface area (Å²) in [5, 5.41) is 2.76. The van der Waals surface area contributed by atoms with E-state index in [2.05, 4.69) is 10.3 Å². The number of Topliss-reactive ketones (excluding diaryl/α,β-unsaturated/α-hetero) is 1. The van der Waals surface area contributed by atoms with Crippen LogP contribution in [0.5, 0.6) is 0 Å². The molecule has 0 aliphatic carbocycles. The Kier molecular flexibility index (Phi) is 4.25. The maximum absolute atomic E-state index is 11.6. The van der Waals surface area contributed by atoms with Crippen molar-refractivity contribution in [1.29, 1.82) is 0 Å². The Morgan fingerprint density at radius 3 is 2.44 bits per heavy atom. The maximum atomic E-state index is 11.6. The maximum Gasteiger partial charge on any atom is 0.267 e. The second kappa shape index (κ2) is 5.46. The third kappa shape index (κ3) is 3.51. The Labute approximate surface area is 94.8 Å². The summed E-state index contributed by atoms with van der Waals surface area (Å²) in [6.45, 7) is 2.83. The second-order valence-corrected chi connectivity index (χ2v) is 3.90. The summed E-state index contributed by atoms with van der Waals surface area (Å²) in [6, 6.07) is 3.23. The quantitative estimate of drug-likeness (QED) is 0.715. The van der Waals surface area contributed by atoms with Gasteiger partial charge in [0.05, 0.1) is 5.69 Å². The van der Waals surface area contributed by atoms with Gasteiger partial charge in [0.25, 0.3) is 5.91 Å². The molecule has 16 heavy (non-hydrogen) atoms. The van der Waals surface area contributed by atoms with Crippen molar-refractivity contribution >= 4 is 11.7 Å². The van der Waals surface area contributed by atoms with E-state index in [1.807, 2.05) is 19.0 Å². The van der Waals surface area contributed by atoms with Gasteiger partial charge in [-0.2, -0.15) is 0 Å². The zero-order valence-electron chi connectivity index (χ0n) is 9.83. The first-order chi connectivity index (χ1) is 7.50. The van der Waals surface area contributed by atoms with Crippen LogP contribution in [0.3, 0.4) is 0 Å². The van der Waals surface area contributed by atoms with Crippen LogP contribution >= 0.6 is 0 Å². The number of carbonyl (C=O) groups excluding carboxylic acids is 2. The van der Waals surface area contributed by atoms with Crippen molar-refractivity contribution in [3.05, 3.63) is 23.5 Å². The number of carbonyl (C=O) groups is 2. The van der Waals surface area contributed by atoms with Gasteiger partial charge in [0.15, 0.2) is 5.78 Å². The zero-order chi connectivity index (χ0) is 12.1. The van der Waals surface area contributed by atoms with Gasteiger partial charge >= 0.3 is 0 Å². The number of rotatable bonds is 5. The average molecular weight is 223 g/mol. The van der Waals surface area contributed by atoms with Crippen LogP contribution in [-0.2, 0) is 0 Å². The monoisotopic (exact) mass is 223 g/mol. The molecule has 2 N–H and O–H groups in total. The average Bonchev–Trinajstić information content (AvgIpc) is 2.65. The fraction of sp³-hybridized carbons (Fsp3) is 0.455. The smallest absolute Gasteiger partial charge is 0.267 e. The molecule has 5 nitrogen and oxygen atoms in total. The van der Waals surface area contributed by atoms with Crippen molar-refractivity contribution in [3.8, 4) is 0 Å². The molecule has 0 atom stereocenters. The van der Waals surface area contributed by atoms with E-state index in [-0.39, 0.29) is 11.7 Å². The highest BCUT2D eigenvalue weighted by atomic mass is 16.2. The minimum Gasteiger partial charge on any atom is -0.349 e. The van der Waals surface area contributed by atoms with Gasteiger partial charge in [-0.05, 0) is 26.2 Å². The molecule has 1 heterocycles. The Balaban J connectivity index is 2.50. The van der Waals surface area contributed by atoms with Gasteiger partial charge in [-0.1, -0.05) is 0 Å². The normalized spacial score (nSPS) is 10.5. The van der Waals surface area contributed by atoms with Crippen LogP contribution in [0.15, 0.2) is 12.1 Å². The fourth-order valence-corrected chi connectivity index (χ4v) is 1.22. The lowest BCUT2D eigenvalue weighted by Crippen LogP contribution is -2.31. The summed E-state index contributed by atoms with van der Waals surface area (Å²) in [5.74, 6) is -0.262. The number of H-pyrrole nitrogens is 1. The van der Waals surface area contributed by atoms with Crippen LogP contribution in [0.2, 0.25) is 0 Å². The van der Waals surface area contributed by atoms with Gasteiger partial charge in [0.2, 0.25) is 0 Å². The highest BCUT2D eigenvalue weighted by molar-refractivity contribution is 5.97. The molecular weight excluding hydrogens is 206 g/mol. The predicted octanol–water partition coefficient (Wildman–Crippen LogP) is 0.509. The van der Waals surface area contributed by atoms with Crippen LogP contribution in [0.4, 0.5) is 0 Å². The molecule has 0 unspecified atom stereocenters. The van der Waals surface area contributed by atoms with Crippen molar-refractivity contribution in [2.75, 3.05) is 27.2 Å². The highest BCUT2D eigenvalue weighted by Gasteiger charge is 2.09. The van der Waals surface area contributed by atoms with Crippen molar-refractivity contribution in [2.45, 2.75) is 6.92 Å². The molecule has 0 saturated carbocycles. The summed E-state index contributed by atoms with van der Waals surface area (Å²) in [7, 11) is 3.88. The SMILES string of the molecule is CC(=O)c1ccc(C(=O)NCCN(C)C)[nH]1. The van der Waals surface area contributed by atoms with Crippen molar-refractivity contribution in [3.63, 3.8) is 0 Å². The van der Waals surface area contributed by atoms with E-state index < -0.39 is 0 Å². The molecule has 0 saturated heterocycles. The molecule has 0 aliphatic heterocycles. The molecule has 0 radical (unpaired) electrons. The number of ketones is 1. The van der Waals surface area contributed by atoms with Gasteiger partial charge in [-0.15, -0.1) is 0 Å². The number of likely N-dealkylation sites (N-methyl/N-ethyl adjacent to an activating group) is 1. The standard InChI is InChI=1S/C11H17N3O2/c1-8(15)9-4-5-10(13-9)11(16)12-6-7-14(2)3/h4-5,13H,6-7H2,1-3H3,(H,12,16). The van der Waals surface area contributed by atoms with Crippen molar-refractivity contribution in [2.24, 2.45) is 0 Å². The molecule has 1 amide bonds. The van der Waals surface area contributed by atoms with E-state index in [1.54, 1.807) is 12.1 Å². The van der Waals surface area contributed by atoms with E-state index >= 15 is 0 Å². The molecule has 1 aromatic heterocycles. The van der Waals surface area contributed by atoms with E-state index in [1.165, 1.54) is 6.92 Å². The summed E-state index contributed by atoms with van der Waals surface area (Å²) in [4.78, 5) is 27.4. The molecule has 88 valence electrons. The summed E-state index contributed by atoms with van der Waals surface area (Å²) < 4.78 is 0. The molecule has 1 aromatic rings. The summed E-state index contributed by atoms with van der Waals surface area (Å²) in [5.41, 5.74) is 0.877. The zero-order valence-corrected chi connectivity index (χ0v) is 9.83. The van der Waals surface area contributed by atoms with Crippen LogP contribution in [0.1, 0.15) is 27.9 Å². The van der Waals surface area contributed by atoms with Gasteiger partial charge in [0.1, 0.15) is 5.69 Å². The lowest BCUT2D eigenvalue weighted by atomic mass is 10.3. The first kappa shape index (κ1) is 12.4. The number of aromatic nitrogens is 1. The van der Waals surface area contributed by atoms with Gasteiger partial charge in [-0.3, -0.25) is 9.59 Å². The highest BCUT2D eigenvalue weighted by Crippen LogP contribution is 2.02. The van der Waals surface area contributed by atoms with Gasteiger partial charge in [-0.25, -0.2) is 0 Å². The number of hydrogen-bond acceptors (Lipinski definition) is 3.